The molecule has 110 valence electrons. The second kappa shape index (κ2) is 7.36. The van der Waals surface area contributed by atoms with Gasteiger partial charge in [-0.3, -0.25) is 4.79 Å². The summed E-state index contributed by atoms with van der Waals surface area (Å²) in [5.74, 6) is -0.0749. The Balaban J connectivity index is 2.40. The molecule has 3 amide bonds. The lowest BCUT2D eigenvalue weighted by atomic mass is 9.80. The third-order valence-corrected chi connectivity index (χ3v) is 4.46. The maximum Gasteiger partial charge on any atom is 0.315 e. The van der Waals surface area contributed by atoms with Gasteiger partial charge in [0.15, 0.2) is 0 Å². The molecule has 19 heavy (non-hydrogen) atoms. The van der Waals surface area contributed by atoms with E-state index in [1.165, 1.54) is 0 Å². The number of rotatable bonds is 6. The van der Waals surface area contributed by atoms with E-state index in [2.05, 4.69) is 36.7 Å². The van der Waals surface area contributed by atoms with Crippen molar-refractivity contribution in [2.24, 2.45) is 5.41 Å². The Morgan fingerprint density at radius 3 is 2.47 bits per heavy atom. The summed E-state index contributed by atoms with van der Waals surface area (Å²) < 4.78 is 0. The summed E-state index contributed by atoms with van der Waals surface area (Å²) in [5.41, 5.74) is 0.173. The van der Waals surface area contributed by atoms with Crippen molar-refractivity contribution in [3.05, 3.63) is 0 Å². The first-order valence-corrected chi connectivity index (χ1v) is 7.39. The normalized spacial score (nSPS) is 19.7. The van der Waals surface area contributed by atoms with Gasteiger partial charge in [-0.2, -0.15) is 0 Å². The van der Waals surface area contributed by atoms with Crippen molar-refractivity contribution in [3.8, 4) is 0 Å². The lowest BCUT2D eigenvalue weighted by Gasteiger charge is -2.31. The van der Waals surface area contributed by atoms with Crippen LogP contribution >= 0.6 is 0 Å². The molecule has 0 saturated carbocycles. The van der Waals surface area contributed by atoms with Gasteiger partial charge in [-0.05, 0) is 37.5 Å². The summed E-state index contributed by atoms with van der Waals surface area (Å²) in [7, 11) is 0. The minimum absolute atomic E-state index is 0.0749. The fourth-order valence-electron chi connectivity index (χ4n) is 2.51. The molecule has 3 N–H and O–H groups in total. The standard InChI is InChI=1S/C14H27N3O2/c1-4-14(5-2,6-3)10-16-13(19)17-11-8-7-9-15-12(11)18/h11H,4-10H2,1-3H3,(H,15,18)(H2,16,17,19). The fourth-order valence-corrected chi connectivity index (χ4v) is 2.51. The van der Waals surface area contributed by atoms with Crippen molar-refractivity contribution < 1.29 is 9.59 Å². The van der Waals surface area contributed by atoms with Gasteiger partial charge in [-0.15, -0.1) is 0 Å². The molecule has 1 unspecified atom stereocenters. The van der Waals surface area contributed by atoms with E-state index in [-0.39, 0.29) is 23.4 Å². The smallest absolute Gasteiger partial charge is 0.315 e. The van der Waals surface area contributed by atoms with Crippen molar-refractivity contribution in [3.63, 3.8) is 0 Å². The van der Waals surface area contributed by atoms with E-state index < -0.39 is 0 Å². The van der Waals surface area contributed by atoms with Crippen LogP contribution in [-0.2, 0) is 4.79 Å². The first-order valence-electron chi connectivity index (χ1n) is 7.39. The van der Waals surface area contributed by atoms with Crippen LogP contribution in [0.3, 0.4) is 0 Å². The van der Waals surface area contributed by atoms with Gasteiger partial charge in [0.1, 0.15) is 6.04 Å². The highest BCUT2D eigenvalue weighted by atomic mass is 16.2. The number of hydrogen-bond donors (Lipinski definition) is 3. The Kier molecular flexibility index (Phi) is 6.12. The number of carbonyl (C=O) groups is 2. The molecule has 1 heterocycles. The lowest BCUT2D eigenvalue weighted by molar-refractivity contribution is -0.124. The van der Waals surface area contributed by atoms with Crippen LogP contribution in [-0.4, -0.2) is 31.1 Å². The van der Waals surface area contributed by atoms with Crippen molar-refractivity contribution in [1.29, 1.82) is 0 Å². The zero-order chi connectivity index (χ0) is 14.3. The predicted octanol–water partition coefficient (Wildman–Crippen LogP) is 1.78. The fraction of sp³-hybridized carbons (Fsp3) is 0.857. The molecule has 0 aromatic heterocycles. The predicted molar refractivity (Wildman–Crippen MR) is 75.9 cm³/mol. The van der Waals surface area contributed by atoms with Crippen LogP contribution in [0.25, 0.3) is 0 Å². The van der Waals surface area contributed by atoms with E-state index in [0.29, 0.717) is 13.1 Å². The highest BCUT2D eigenvalue weighted by molar-refractivity contribution is 5.87. The zero-order valence-corrected chi connectivity index (χ0v) is 12.3. The molecule has 0 radical (unpaired) electrons. The largest absolute Gasteiger partial charge is 0.354 e. The molecular weight excluding hydrogens is 242 g/mol. The third-order valence-electron chi connectivity index (χ3n) is 4.46. The van der Waals surface area contributed by atoms with Crippen LogP contribution in [0.5, 0.6) is 0 Å². The summed E-state index contributed by atoms with van der Waals surface area (Å²) in [4.78, 5) is 23.4. The number of amides is 3. The number of nitrogens with one attached hydrogen (secondary N) is 3. The first-order chi connectivity index (χ1) is 9.06. The molecule has 5 heteroatoms. The van der Waals surface area contributed by atoms with E-state index in [0.717, 1.165) is 32.1 Å². The van der Waals surface area contributed by atoms with Gasteiger partial charge < -0.3 is 16.0 Å². The molecule has 0 spiro atoms. The Hall–Kier alpha value is -1.26. The minimum Gasteiger partial charge on any atom is -0.354 e. The first kappa shape index (κ1) is 15.8. The second-order valence-electron chi connectivity index (χ2n) is 5.37. The molecule has 1 aliphatic heterocycles. The van der Waals surface area contributed by atoms with Gasteiger partial charge in [0.2, 0.25) is 5.91 Å². The van der Waals surface area contributed by atoms with Crippen LogP contribution < -0.4 is 16.0 Å². The monoisotopic (exact) mass is 269 g/mol. The molecule has 0 aromatic rings. The molecule has 5 nitrogen and oxygen atoms in total. The molecule has 1 aliphatic rings. The number of urea groups is 1. The zero-order valence-electron chi connectivity index (χ0n) is 12.3. The van der Waals surface area contributed by atoms with Gasteiger partial charge in [0.05, 0.1) is 0 Å². The van der Waals surface area contributed by atoms with E-state index >= 15 is 0 Å². The minimum atomic E-state index is -0.381. The average molecular weight is 269 g/mol. The van der Waals surface area contributed by atoms with Crippen LogP contribution in [0.4, 0.5) is 4.79 Å². The van der Waals surface area contributed by atoms with Gasteiger partial charge in [0.25, 0.3) is 0 Å². The summed E-state index contributed by atoms with van der Waals surface area (Å²) in [6, 6.07) is -0.616. The maximum absolute atomic E-state index is 11.8. The summed E-state index contributed by atoms with van der Waals surface area (Å²) >= 11 is 0. The van der Waals surface area contributed by atoms with Crippen molar-refractivity contribution >= 4 is 11.9 Å². The third kappa shape index (κ3) is 4.40. The van der Waals surface area contributed by atoms with Crippen LogP contribution in [0.15, 0.2) is 0 Å². The van der Waals surface area contributed by atoms with Gasteiger partial charge in [-0.1, -0.05) is 20.8 Å². The number of piperidine rings is 1. The highest BCUT2D eigenvalue weighted by Crippen LogP contribution is 2.29. The Morgan fingerprint density at radius 1 is 1.32 bits per heavy atom. The average Bonchev–Trinajstić information content (AvgIpc) is 2.44. The molecule has 0 bridgehead atoms. The topological polar surface area (TPSA) is 70.2 Å². The highest BCUT2D eigenvalue weighted by Gasteiger charge is 2.26. The van der Waals surface area contributed by atoms with Gasteiger partial charge in [0, 0.05) is 13.1 Å². The molecule has 1 rings (SSSR count). The molecule has 0 aliphatic carbocycles. The Morgan fingerprint density at radius 2 is 1.95 bits per heavy atom. The van der Waals surface area contributed by atoms with E-state index in [9.17, 15) is 9.59 Å². The van der Waals surface area contributed by atoms with Crippen molar-refractivity contribution in [2.45, 2.75) is 58.9 Å². The quantitative estimate of drug-likeness (QED) is 0.688. The van der Waals surface area contributed by atoms with Crippen LogP contribution in [0, 0.1) is 5.41 Å². The molecule has 1 fully saturated rings. The number of carbonyl (C=O) groups excluding carboxylic acids is 2. The number of hydrogen-bond acceptors (Lipinski definition) is 2. The second-order valence-corrected chi connectivity index (χ2v) is 5.37. The summed E-state index contributed by atoms with van der Waals surface area (Å²) in [5, 5.41) is 8.43. The summed E-state index contributed by atoms with van der Waals surface area (Å²) in [6.45, 7) is 7.84. The van der Waals surface area contributed by atoms with Crippen molar-refractivity contribution in [2.75, 3.05) is 13.1 Å². The SMILES string of the molecule is CCC(CC)(CC)CNC(=O)NC1CCCNC1=O. The van der Waals surface area contributed by atoms with Crippen LogP contribution in [0.1, 0.15) is 52.9 Å². The Bertz CT molecular complexity index is 306. The van der Waals surface area contributed by atoms with Crippen molar-refractivity contribution in [1.82, 2.24) is 16.0 Å². The van der Waals surface area contributed by atoms with Gasteiger partial charge in [-0.25, -0.2) is 4.79 Å². The van der Waals surface area contributed by atoms with E-state index in [1.54, 1.807) is 0 Å². The molecule has 1 atom stereocenters. The molecular formula is C14H27N3O2. The molecule has 1 saturated heterocycles. The van der Waals surface area contributed by atoms with E-state index in [1.807, 2.05) is 0 Å². The lowest BCUT2D eigenvalue weighted by Crippen LogP contribution is -2.53. The maximum atomic E-state index is 11.8. The van der Waals surface area contributed by atoms with E-state index in [4.69, 9.17) is 0 Å². The molecule has 0 aromatic carbocycles. The van der Waals surface area contributed by atoms with Crippen LogP contribution in [0.2, 0.25) is 0 Å². The summed E-state index contributed by atoms with van der Waals surface area (Å²) in [6.07, 6.45) is 4.78. The van der Waals surface area contributed by atoms with Gasteiger partial charge >= 0.3 is 6.03 Å². The Labute approximate surface area is 115 Å².